The lowest BCUT2D eigenvalue weighted by Gasteiger charge is -2.08. The number of amides is 1. The van der Waals surface area contributed by atoms with Crippen LogP contribution >= 0.6 is 22.7 Å². The molecule has 1 aromatic carbocycles. The molecule has 0 unspecified atom stereocenters. The molecular formula is C21H17N3O4S2. The monoisotopic (exact) mass is 439 g/mol. The van der Waals surface area contributed by atoms with Gasteiger partial charge >= 0.3 is 5.97 Å². The summed E-state index contributed by atoms with van der Waals surface area (Å²) in [6.45, 7) is 1.87. The van der Waals surface area contributed by atoms with Crippen molar-refractivity contribution in [1.82, 2.24) is 9.55 Å². The van der Waals surface area contributed by atoms with Crippen molar-refractivity contribution in [3.8, 4) is 10.4 Å². The van der Waals surface area contributed by atoms with Crippen LogP contribution in [0.1, 0.15) is 17.3 Å². The van der Waals surface area contributed by atoms with E-state index >= 15 is 0 Å². The van der Waals surface area contributed by atoms with Crippen molar-refractivity contribution in [2.45, 2.75) is 13.5 Å². The van der Waals surface area contributed by atoms with E-state index in [4.69, 9.17) is 4.74 Å². The fraction of sp³-hybridized carbons (Fsp3) is 0.143. The van der Waals surface area contributed by atoms with E-state index in [2.05, 4.69) is 10.3 Å². The topological polar surface area (TPSA) is 90.3 Å². The average molecular weight is 440 g/mol. The van der Waals surface area contributed by atoms with Crippen LogP contribution in [0.25, 0.3) is 20.7 Å². The molecule has 0 spiro atoms. The Balaban J connectivity index is 1.52. The third-order valence-corrected chi connectivity index (χ3v) is 6.13. The molecule has 3 aromatic heterocycles. The van der Waals surface area contributed by atoms with Crippen molar-refractivity contribution >= 4 is 50.5 Å². The maximum absolute atomic E-state index is 13.0. The van der Waals surface area contributed by atoms with Crippen LogP contribution in [0.3, 0.4) is 0 Å². The number of carbonyl (C=O) groups excluding carboxylic acids is 2. The van der Waals surface area contributed by atoms with Crippen LogP contribution in [-0.2, 0) is 16.1 Å². The lowest BCUT2D eigenvalue weighted by molar-refractivity contribution is -0.116. The smallest absolute Gasteiger partial charge is 0.338 e. The summed E-state index contributed by atoms with van der Waals surface area (Å²) >= 11 is 2.96. The van der Waals surface area contributed by atoms with E-state index in [1.807, 2.05) is 22.9 Å². The predicted molar refractivity (Wildman–Crippen MR) is 118 cm³/mol. The van der Waals surface area contributed by atoms with Gasteiger partial charge in [0.1, 0.15) is 11.4 Å². The number of nitrogens with zero attached hydrogens (tertiary/aromatic N) is 2. The van der Waals surface area contributed by atoms with Gasteiger partial charge in [0.15, 0.2) is 0 Å². The quantitative estimate of drug-likeness (QED) is 0.459. The molecular weight excluding hydrogens is 422 g/mol. The molecule has 3 heterocycles. The van der Waals surface area contributed by atoms with E-state index in [9.17, 15) is 14.4 Å². The van der Waals surface area contributed by atoms with E-state index in [-0.39, 0.29) is 18.0 Å². The number of thiophene rings is 2. The van der Waals surface area contributed by atoms with Crippen LogP contribution in [0.15, 0.2) is 58.3 Å². The van der Waals surface area contributed by atoms with Gasteiger partial charge in [-0.3, -0.25) is 14.2 Å². The zero-order valence-corrected chi connectivity index (χ0v) is 17.6. The van der Waals surface area contributed by atoms with E-state index < -0.39 is 5.97 Å². The number of fused-ring (bicyclic) bond motifs is 1. The third kappa shape index (κ3) is 4.03. The molecule has 9 heteroatoms. The minimum atomic E-state index is -0.418. The maximum Gasteiger partial charge on any atom is 0.338 e. The molecule has 0 saturated heterocycles. The summed E-state index contributed by atoms with van der Waals surface area (Å²) < 4.78 is 6.24. The van der Waals surface area contributed by atoms with Gasteiger partial charge < -0.3 is 10.1 Å². The van der Waals surface area contributed by atoms with E-state index in [1.165, 1.54) is 22.2 Å². The van der Waals surface area contributed by atoms with Crippen LogP contribution in [0.2, 0.25) is 0 Å². The second-order valence-corrected chi connectivity index (χ2v) is 8.14. The number of carbonyl (C=O) groups is 2. The number of rotatable bonds is 6. The first kappa shape index (κ1) is 20.0. The van der Waals surface area contributed by atoms with Gasteiger partial charge in [-0.05, 0) is 42.6 Å². The molecule has 0 saturated carbocycles. The lowest BCUT2D eigenvalue weighted by Crippen LogP contribution is -2.27. The van der Waals surface area contributed by atoms with Gasteiger partial charge in [-0.1, -0.05) is 6.07 Å². The fourth-order valence-electron chi connectivity index (χ4n) is 2.95. The number of hydrogen-bond donors (Lipinski definition) is 1. The predicted octanol–water partition coefficient (Wildman–Crippen LogP) is 4.00. The molecule has 0 aliphatic carbocycles. The largest absolute Gasteiger partial charge is 0.462 e. The van der Waals surface area contributed by atoms with Gasteiger partial charge in [0, 0.05) is 21.5 Å². The molecule has 4 aromatic rings. The lowest BCUT2D eigenvalue weighted by atomic mass is 10.2. The Morgan fingerprint density at radius 2 is 1.97 bits per heavy atom. The van der Waals surface area contributed by atoms with Crippen LogP contribution in [0, 0.1) is 0 Å². The molecule has 1 N–H and O–H groups in total. The zero-order valence-electron chi connectivity index (χ0n) is 16.0. The first-order chi connectivity index (χ1) is 14.6. The average Bonchev–Trinajstić information content (AvgIpc) is 3.40. The van der Waals surface area contributed by atoms with E-state index in [0.717, 1.165) is 10.4 Å². The van der Waals surface area contributed by atoms with Crippen molar-refractivity contribution < 1.29 is 14.3 Å². The van der Waals surface area contributed by atoms with Gasteiger partial charge in [0.2, 0.25) is 5.91 Å². The van der Waals surface area contributed by atoms with Crippen molar-refractivity contribution in [2.24, 2.45) is 0 Å². The molecule has 30 heavy (non-hydrogen) atoms. The van der Waals surface area contributed by atoms with Crippen molar-refractivity contribution in [2.75, 3.05) is 11.9 Å². The second kappa shape index (κ2) is 8.60. The fourth-order valence-corrected chi connectivity index (χ4v) is 4.67. The highest BCUT2D eigenvalue weighted by Crippen LogP contribution is 2.33. The summed E-state index contributed by atoms with van der Waals surface area (Å²) in [4.78, 5) is 43.1. The minimum Gasteiger partial charge on any atom is -0.462 e. The molecule has 1 amide bonds. The highest BCUT2D eigenvalue weighted by atomic mass is 32.1. The standard InChI is InChI=1S/C21H17N3O4S2/c1-2-28-21(27)13-5-7-14(8-6-13)23-17(25)10-24-12-22-19-18(20(24)26)15(11-30-19)16-4-3-9-29-16/h3-9,11-12H,2,10H2,1H3,(H,23,25). The van der Waals surface area contributed by atoms with Crippen LogP contribution < -0.4 is 10.9 Å². The minimum absolute atomic E-state index is 0.166. The van der Waals surface area contributed by atoms with Gasteiger partial charge in [0.05, 0.1) is 23.9 Å². The summed E-state index contributed by atoms with van der Waals surface area (Å²) in [5.41, 5.74) is 1.51. The molecule has 0 aliphatic heterocycles. The van der Waals surface area contributed by atoms with Crippen molar-refractivity contribution in [3.63, 3.8) is 0 Å². The van der Waals surface area contributed by atoms with Crippen LogP contribution in [-0.4, -0.2) is 28.0 Å². The number of ether oxygens (including phenoxy) is 1. The van der Waals surface area contributed by atoms with E-state index in [0.29, 0.717) is 28.1 Å². The molecule has 4 rings (SSSR count). The zero-order chi connectivity index (χ0) is 21.1. The Morgan fingerprint density at radius 3 is 2.67 bits per heavy atom. The van der Waals surface area contributed by atoms with Crippen molar-refractivity contribution in [1.29, 1.82) is 0 Å². The molecule has 7 nitrogen and oxygen atoms in total. The van der Waals surface area contributed by atoms with Crippen LogP contribution in [0.4, 0.5) is 5.69 Å². The summed E-state index contributed by atoms with van der Waals surface area (Å²) in [6.07, 6.45) is 1.39. The number of esters is 1. The molecule has 0 fully saturated rings. The number of aromatic nitrogens is 2. The van der Waals surface area contributed by atoms with Gasteiger partial charge in [0.25, 0.3) is 5.56 Å². The Kier molecular flexibility index (Phi) is 5.73. The first-order valence-electron chi connectivity index (χ1n) is 9.14. The molecule has 0 bridgehead atoms. The summed E-state index contributed by atoms with van der Waals surface area (Å²) in [6, 6.07) is 10.3. The number of nitrogens with one attached hydrogen (secondary N) is 1. The maximum atomic E-state index is 13.0. The highest BCUT2D eigenvalue weighted by molar-refractivity contribution is 7.18. The molecule has 0 aliphatic rings. The SMILES string of the molecule is CCOC(=O)c1ccc(NC(=O)Cn2cnc3scc(-c4cccs4)c3c2=O)cc1. The Bertz CT molecular complexity index is 1260. The molecule has 0 atom stereocenters. The number of anilines is 1. The second-order valence-electron chi connectivity index (χ2n) is 6.33. The molecule has 0 radical (unpaired) electrons. The van der Waals surface area contributed by atoms with Gasteiger partial charge in [-0.15, -0.1) is 22.7 Å². The van der Waals surface area contributed by atoms with E-state index in [1.54, 1.807) is 42.5 Å². The number of hydrogen-bond acceptors (Lipinski definition) is 7. The summed E-state index contributed by atoms with van der Waals surface area (Å²) in [5.74, 6) is -0.784. The van der Waals surface area contributed by atoms with Crippen molar-refractivity contribution in [3.05, 3.63) is 69.4 Å². The third-order valence-electron chi connectivity index (χ3n) is 4.34. The van der Waals surface area contributed by atoms with Gasteiger partial charge in [-0.2, -0.15) is 0 Å². The Hall–Kier alpha value is -3.30. The number of benzene rings is 1. The van der Waals surface area contributed by atoms with Gasteiger partial charge in [-0.25, -0.2) is 9.78 Å². The summed E-state index contributed by atoms with van der Waals surface area (Å²) in [5, 5.41) is 7.12. The first-order valence-corrected chi connectivity index (χ1v) is 10.9. The van der Waals surface area contributed by atoms with Crippen LogP contribution in [0.5, 0.6) is 0 Å². The normalized spacial score (nSPS) is 10.8. The Labute approximate surface area is 179 Å². The highest BCUT2D eigenvalue weighted by Gasteiger charge is 2.15. The summed E-state index contributed by atoms with van der Waals surface area (Å²) in [7, 11) is 0. The molecule has 152 valence electrons. The Morgan fingerprint density at radius 1 is 1.17 bits per heavy atom.